The highest BCUT2D eigenvalue weighted by atomic mass is 35.5. The minimum atomic E-state index is -1.07. The van der Waals surface area contributed by atoms with E-state index in [0.29, 0.717) is 18.0 Å². The molecule has 0 bridgehead atoms. The summed E-state index contributed by atoms with van der Waals surface area (Å²) in [4.78, 5) is 10.7. The molecule has 0 radical (unpaired) electrons. The molecule has 0 heterocycles. The third-order valence-electron chi connectivity index (χ3n) is 2.11. The summed E-state index contributed by atoms with van der Waals surface area (Å²) in [5.74, 6) is -1.63. The molecule has 0 fully saturated rings. The van der Waals surface area contributed by atoms with Crippen LogP contribution in [0.3, 0.4) is 0 Å². The van der Waals surface area contributed by atoms with E-state index in [9.17, 15) is 9.90 Å². The molecule has 76 valence electrons. The first kappa shape index (κ1) is 11.0. The number of hydrogen-bond donors (Lipinski definition) is 1. The number of aliphatic carboxylic acids is 1. The molecule has 0 aromatic heterocycles. The first-order valence-corrected chi connectivity index (χ1v) is 4.76. The molecule has 14 heavy (non-hydrogen) atoms. The summed E-state index contributed by atoms with van der Waals surface area (Å²) in [6.07, 6.45) is 0.380. The van der Waals surface area contributed by atoms with Crippen LogP contribution in [0.2, 0.25) is 5.02 Å². The van der Waals surface area contributed by atoms with Gasteiger partial charge in [-0.25, -0.2) is 0 Å². The standard InChI is InChI=1S/C10H12ClNO2/c11-9-4-2-1-3-7(9)5-8(6-12)10(13)14/h1-4,8H,5-6,12H2,(H,13,14)/t8-/m0/s1. The number of quaternary nitrogens is 1. The van der Waals surface area contributed by atoms with Crippen molar-refractivity contribution in [1.82, 2.24) is 0 Å². The molecule has 3 N–H and O–H groups in total. The van der Waals surface area contributed by atoms with E-state index in [1.54, 1.807) is 6.07 Å². The quantitative estimate of drug-likeness (QED) is 0.732. The van der Waals surface area contributed by atoms with Gasteiger partial charge in [0.05, 0.1) is 18.4 Å². The third kappa shape index (κ3) is 2.72. The van der Waals surface area contributed by atoms with Gasteiger partial charge in [-0.2, -0.15) is 0 Å². The van der Waals surface area contributed by atoms with Crippen molar-refractivity contribution in [1.29, 1.82) is 0 Å². The Morgan fingerprint density at radius 1 is 1.50 bits per heavy atom. The molecule has 0 aliphatic rings. The molecule has 0 aliphatic carbocycles. The predicted molar refractivity (Wildman–Crippen MR) is 51.4 cm³/mol. The van der Waals surface area contributed by atoms with Crippen LogP contribution in [0.5, 0.6) is 0 Å². The average Bonchev–Trinajstić information content (AvgIpc) is 2.16. The number of benzene rings is 1. The number of carboxylic acids is 1. The highest BCUT2D eigenvalue weighted by Crippen LogP contribution is 2.18. The molecular weight excluding hydrogens is 202 g/mol. The highest BCUT2D eigenvalue weighted by molar-refractivity contribution is 6.31. The van der Waals surface area contributed by atoms with Gasteiger partial charge in [0.25, 0.3) is 0 Å². The van der Waals surface area contributed by atoms with Gasteiger partial charge in [0, 0.05) is 5.02 Å². The van der Waals surface area contributed by atoms with Crippen LogP contribution in [0.25, 0.3) is 0 Å². The van der Waals surface area contributed by atoms with Gasteiger partial charge in [0.1, 0.15) is 0 Å². The summed E-state index contributed by atoms with van der Waals surface area (Å²) < 4.78 is 0. The number of hydrogen-bond acceptors (Lipinski definition) is 2. The van der Waals surface area contributed by atoms with Gasteiger partial charge in [-0.1, -0.05) is 29.8 Å². The average molecular weight is 214 g/mol. The van der Waals surface area contributed by atoms with Crippen molar-refractivity contribution in [2.24, 2.45) is 5.92 Å². The van der Waals surface area contributed by atoms with Crippen LogP contribution in [0.4, 0.5) is 0 Å². The van der Waals surface area contributed by atoms with Gasteiger partial charge in [-0.3, -0.25) is 0 Å². The number of carbonyl (C=O) groups is 1. The van der Waals surface area contributed by atoms with Crippen LogP contribution in [0, 0.1) is 5.92 Å². The maximum Gasteiger partial charge on any atom is 0.0824 e. The van der Waals surface area contributed by atoms with Gasteiger partial charge in [0.2, 0.25) is 0 Å². The molecule has 1 aromatic rings. The largest absolute Gasteiger partial charge is 0.550 e. The topological polar surface area (TPSA) is 67.8 Å². The zero-order valence-electron chi connectivity index (χ0n) is 7.70. The molecule has 0 aliphatic heterocycles. The van der Waals surface area contributed by atoms with Crippen molar-refractivity contribution >= 4 is 17.6 Å². The maximum atomic E-state index is 10.7. The predicted octanol–water partition coefficient (Wildman–Crippen LogP) is -0.510. The van der Waals surface area contributed by atoms with E-state index in [1.807, 2.05) is 18.2 Å². The fourth-order valence-corrected chi connectivity index (χ4v) is 1.45. The number of rotatable bonds is 4. The Balaban J connectivity index is 2.77. The van der Waals surface area contributed by atoms with Crippen molar-refractivity contribution in [3.05, 3.63) is 34.9 Å². The third-order valence-corrected chi connectivity index (χ3v) is 2.47. The van der Waals surface area contributed by atoms with E-state index in [2.05, 4.69) is 5.73 Å². The van der Waals surface area contributed by atoms with Gasteiger partial charge >= 0.3 is 0 Å². The molecule has 0 amide bonds. The van der Waals surface area contributed by atoms with Crippen LogP contribution in [-0.4, -0.2) is 12.5 Å². The lowest BCUT2D eigenvalue weighted by Crippen LogP contribution is -2.57. The zero-order valence-corrected chi connectivity index (χ0v) is 8.46. The number of halogens is 1. The summed E-state index contributed by atoms with van der Waals surface area (Å²) in [7, 11) is 0. The summed E-state index contributed by atoms with van der Waals surface area (Å²) in [5, 5.41) is 11.2. The van der Waals surface area contributed by atoms with E-state index in [4.69, 9.17) is 11.6 Å². The van der Waals surface area contributed by atoms with E-state index in [-0.39, 0.29) is 0 Å². The van der Waals surface area contributed by atoms with Crippen molar-refractivity contribution in [3.8, 4) is 0 Å². The zero-order chi connectivity index (χ0) is 10.6. The Labute approximate surface area is 87.5 Å². The summed E-state index contributed by atoms with van der Waals surface area (Å²) in [6, 6.07) is 7.20. The fraction of sp³-hybridized carbons (Fsp3) is 0.300. The monoisotopic (exact) mass is 213 g/mol. The second kappa shape index (κ2) is 4.98. The van der Waals surface area contributed by atoms with E-state index >= 15 is 0 Å². The lowest BCUT2D eigenvalue weighted by molar-refractivity contribution is -0.387. The van der Waals surface area contributed by atoms with Crippen molar-refractivity contribution in [2.45, 2.75) is 6.42 Å². The molecule has 1 atom stereocenters. The highest BCUT2D eigenvalue weighted by Gasteiger charge is 2.12. The molecule has 1 rings (SSSR count). The van der Waals surface area contributed by atoms with E-state index in [1.165, 1.54) is 0 Å². The van der Waals surface area contributed by atoms with Crippen LogP contribution in [0.15, 0.2) is 24.3 Å². The van der Waals surface area contributed by atoms with E-state index < -0.39 is 11.9 Å². The maximum absolute atomic E-state index is 10.7. The Morgan fingerprint density at radius 3 is 2.64 bits per heavy atom. The fourth-order valence-electron chi connectivity index (χ4n) is 1.23. The van der Waals surface area contributed by atoms with Crippen molar-refractivity contribution in [3.63, 3.8) is 0 Å². The molecule has 0 spiro atoms. The molecular formula is C10H12ClNO2. The van der Waals surface area contributed by atoms with Crippen LogP contribution in [-0.2, 0) is 11.2 Å². The molecule has 0 saturated heterocycles. The SMILES string of the molecule is [NH3+]C[C@H](Cc1ccccc1Cl)C(=O)[O-]. The molecule has 4 heteroatoms. The minimum absolute atomic E-state index is 0.313. The lowest BCUT2D eigenvalue weighted by Gasteiger charge is -2.14. The van der Waals surface area contributed by atoms with Crippen molar-refractivity contribution < 1.29 is 15.6 Å². The second-order valence-corrected chi connectivity index (χ2v) is 3.51. The van der Waals surface area contributed by atoms with Crippen LogP contribution >= 0.6 is 11.6 Å². The minimum Gasteiger partial charge on any atom is -0.550 e. The molecule has 0 unspecified atom stereocenters. The summed E-state index contributed by atoms with van der Waals surface area (Å²) >= 11 is 5.90. The Kier molecular flexibility index (Phi) is 3.92. The first-order chi connectivity index (χ1) is 6.65. The summed E-state index contributed by atoms with van der Waals surface area (Å²) in [6.45, 7) is 0.313. The normalized spacial score (nSPS) is 12.4. The molecule has 0 saturated carbocycles. The lowest BCUT2D eigenvalue weighted by atomic mass is 10.00. The van der Waals surface area contributed by atoms with Gasteiger partial charge in [-0.15, -0.1) is 0 Å². The van der Waals surface area contributed by atoms with Crippen molar-refractivity contribution in [2.75, 3.05) is 6.54 Å². The number of carbonyl (C=O) groups excluding carboxylic acids is 1. The van der Waals surface area contributed by atoms with Gasteiger partial charge in [-0.05, 0) is 18.1 Å². The molecule has 3 nitrogen and oxygen atoms in total. The Hall–Kier alpha value is -1.06. The first-order valence-electron chi connectivity index (χ1n) is 4.38. The smallest absolute Gasteiger partial charge is 0.0824 e. The number of carboxylic acid groups (broad SMARTS) is 1. The Bertz CT molecular complexity index is 328. The van der Waals surface area contributed by atoms with Gasteiger partial charge < -0.3 is 15.6 Å². The van der Waals surface area contributed by atoms with Gasteiger partial charge in [0.15, 0.2) is 0 Å². The Morgan fingerprint density at radius 2 is 2.14 bits per heavy atom. The van der Waals surface area contributed by atoms with E-state index in [0.717, 1.165) is 5.56 Å². The summed E-state index contributed by atoms with van der Waals surface area (Å²) in [5.41, 5.74) is 4.40. The second-order valence-electron chi connectivity index (χ2n) is 3.10. The molecule has 1 aromatic carbocycles. The van der Waals surface area contributed by atoms with Crippen LogP contribution in [0.1, 0.15) is 5.56 Å². The van der Waals surface area contributed by atoms with Crippen LogP contribution < -0.4 is 10.8 Å².